The van der Waals surface area contributed by atoms with Crippen LogP contribution in [0.3, 0.4) is 0 Å². The van der Waals surface area contributed by atoms with Gasteiger partial charge in [0.05, 0.1) is 22.3 Å². The number of Topliss-reactive ketones (excluding diaryl/α,β-unsaturated/α-hetero) is 1. The molecule has 0 aromatic heterocycles. The molecule has 1 atom stereocenters. The van der Waals surface area contributed by atoms with Gasteiger partial charge in [-0.25, -0.2) is 0 Å². The van der Waals surface area contributed by atoms with Gasteiger partial charge in [0.25, 0.3) is 0 Å². The SMILES string of the molecule is CCOc1cc([C@H]2NC(=S)NC(C)=C2C(C)=O)cc(I)c1OC(C)C. The Morgan fingerprint density at radius 1 is 1.40 bits per heavy atom. The molecule has 136 valence electrons. The van der Waals surface area contributed by atoms with Crippen molar-refractivity contribution in [2.24, 2.45) is 0 Å². The molecule has 1 aromatic rings. The fourth-order valence-electron chi connectivity index (χ4n) is 2.78. The molecule has 0 aliphatic carbocycles. The number of benzene rings is 1. The number of carbonyl (C=O) groups excluding carboxylic acids is 1. The van der Waals surface area contributed by atoms with Crippen molar-refractivity contribution in [2.75, 3.05) is 6.61 Å². The summed E-state index contributed by atoms with van der Waals surface area (Å²) in [7, 11) is 0. The van der Waals surface area contributed by atoms with Crippen LogP contribution in [0.15, 0.2) is 23.4 Å². The molecular weight excluding hydrogens is 451 g/mol. The summed E-state index contributed by atoms with van der Waals surface area (Å²) in [4.78, 5) is 12.2. The highest BCUT2D eigenvalue weighted by atomic mass is 127. The van der Waals surface area contributed by atoms with E-state index in [2.05, 4.69) is 33.2 Å². The van der Waals surface area contributed by atoms with Crippen LogP contribution in [0.5, 0.6) is 11.5 Å². The van der Waals surface area contributed by atoms with Crippen molar-refractivity contribution in [1.82, 2.24) is 10.6 Å². The van der Waals surface area contributed by atoms with E-state index in [-0.39, 0.29) is 17.9 Å². The van der Waals surface area contributed by atoms with Crippen LogP contribution in [0.25, 0.3) is 0 Å². The van der Waals surface area contributed by atoms with E-state index in [4.69, 9.17) is 21.7 Å². The number of nitrogens with one attached hydrogen (secondary N) is 2. The Morgan fingerprint density at radius 3 is 2.64 bits per heavy atom. The standard InChI is InChI=1S/C18H23IN2O3S/c1-6-23-14-8-12(7-13(19)17(14)24-9(2)3)16-15(11(5)22)10(4)20-18(25)21-16/h7-9,16H,6H2,1-5H3,(H2,20,21,25)/t16-/m1/s1. The van der Waals surface area contributed by atoms with Crippen LogP contribution in [0.1, 0.15) is 46.2 Å². The lowest BCUT2D eigenvalue weighted by Gasteiger charge is -2.30. The van der Waals surface area contributed by atoms with Crippen LogP contribution < -0.4 is 20.1 Å². The molecule has 25 heavy (non-hydrogen) atoms. The van der Waals surface area contributed by atoms with Gasteiger partial charge in [-0.15, -0.1) is 0 Å². The molecule has 2 rings (SSSR count). The van der Waals surface area contributed by atoms with Gasteiger partial charge < -0.3 is 20.1 Å². The van der Waals surface area contributed by atoms with E-state index in [1.54, 1.807) is 6.92 Å². The number of thiocarbonyl (C=S) groups is 1. The second-order valence-corrected chi connectivity index (χ2v) is 7.63. The molecule has 0 radical (unpaired) electrons. The fourth-order valence-corrected chi connectivity index (χ4v) is 3.80. The number of ketones is 1. The molecule has 0 saturated heterocycles. The zero-order chi connectivity index (χ0) is 18.7. The van der Waals surface area contributed by atoms with E-state index < -0.39 is 0 Å². The molecule has 0 saturated carbocycles. The smallest absolute Gasteiger partial charge is 0.174 e. The van der Waals surface area contributed by atoms with Gasteiger partial charge in [0, 0.05) is 11.3 Å². The number of carbonyl (C=O) groups is 1. The first-order valence-corrected chi connectivity index (χ1v) is 9.65. The van der Waals surface area contributed by atoms with Crippen LogP contribution in [0.4, 0.5) is 0 Å². The highest BCUT2D eigenvalue weighted by Crippen LogP contribution is 2.38. The van der Waals surface area contributed by atoms with Gasteiger partial charge in [-0.3, -0.25) is 4.79 Å². The molecule has 0 bridgehead atoms. The summed E-state index contributed by atoms with van der Waals surface area (Å²) in [5.74, 6) is 1.40. The van der Waals surface area contributed by atoms with Crippen LogP contribution in [0.2, 0.25) is 0 Å². The molecule has 1 heterocycles. The Morgan fingerprint density at radius 2 is 2.08 bits per heavy atom. The molecule has 0 fully saturated rings. The largest absolute Gasteiger partial charge is 0.490 e. The highest BCUT2D eigenvalue weighted by Gasteiger charge is 2.29. The van der Waals surface area contributed by atoms with Crippen molar-refractivity contribution < 1.29 is 14.3 Å². The summed E-state index contributed by atoms with van der Waals surface area (Å²) >= 11 is 7.51. The normalized spacial score (nSPS) is 17.2. The predicted octanol–water partition coefficient (Wildman–Crippen LogP) is 3.86. The van der Waals surface area contributed by atoms with Gasteiger partial charge in [0.2, 0.25) is 0 Å². The van der Waals surface area contributed by atoms with E-state index in [0.29, 0.717) is 23.0 Å². The van der Waals surface area contributed by atoms with Crippen LogP contribution in [-0.4, -0.2) is 23.6 Å². The Kier molecular flexibility index (Phi) is 6.67. The predicted molar refractivity (Wildman–Crippen MR) is 111 cm³/mol. The van der Waals surface area contributed by atoms with E-state index in [0.717, 1.165) is 20.6 Å². The van der Waals surface area contributed by atoms with E-state index in [1.165, 1.54) is 0 Å². The zero-order valence-corrected chi connectivity index (χ0v) is 18.0. The number of halogens is 1. The van der Waals surface area contributed by atoms with Crippen molar-refractivity contribution in [3.05, 3.63) is 32.5 Å². The maximum Gasteiger partial charge on any atom is 0.174 e. The summed E-state index contributed by atoms with van der Waals surface area (Å²) in [5, 5.41) is 6.72. The molecule has 0 spiro atoms. The van der Waals surface area contributed by atoms with Crippen molar-refractivity contribution >= 4 is 45.7 Å². The Labute approximate surface area is 167 Å². The topological polar surface area (TPSA) is 59.6 Å². The number of hydrogen-bond acceptors (Lipinski definition) is 4. The van der Waals surface area contributed by atoms with Gasteiger partial charge in [-0.2, -0.15) is 0 Å². The Hall–Kier alpha value is -1.35. The van der Waals surface area contributed by atoms with Gasteiger partial charge in [-0.1, -0.05) is 0 Å². The van der Waals surface area contributed by atoms with E-state index >= 15 is 0 Å². The van der Waals surface area contributed by atoms with Crippen molar-refractivity contribution in [3.63, 3.8) is 0 Å². The number of hydrogen-bond donors (Lipinski definition) is 2. The molecule has 5 nitrogen and oxygen atoms in total. The average molecular weight is 474 g/mol. The summed E-state index contributed by atoms with van der Waals surface area (Å²) < 4.78 is 12.6. The maximum atomic E-state index is 12.2. The van der Waals surface area contributed by atoms with Gasteiger partial charge in [0.15, 0.2) is 22.4 Å². The highest BCUT2D eigenvalue weighted by molar-refractivity contribution is 14.1. The first-order chi connectivity index (χ1) is 11.7. The molecule has 0 amide bonds. The second-order valence-electron chi connectivity index (χ2n) is 6.06. The lowest BCUT2D eigenvalue weighted by molar-refractivity contribution is -0.114. The second kappa shape index (κ2) is 8.35. The summed E-state index contributed by atoms with van der Waals surface area (Å²) in [6.45, 7) is 9.84. The molecule has 1 aliphatic rings. The third-order valence-corrected chi connectivity index (χ3v) is 4.69. The minimum Gasteiger partial charge on any atom is -0.490 e. The quantitative estimate of drug-likeness (QED) is 0.483. The molecule has 7 heteroatoms. The number of allylic oxidation sites excluding steroid dienone is 1. The summed E-state index contributed by atoms with van der Waals surface area (Å²) in [6, 6.07) is 3.61. The lowest BCUT2D eigenvalue weighted by Crippen LogP contribution is -2.44. The fraction of sp³-hybridized carbons (Fsp3) is 0.444. The number of ether oxygens (including phenoxy) is 2. The first kappa shape index (κ1) is 20.0. The number of rotatable bonds is 6. The van der Waals surface area contributed by atoms with Crippen molar-refractivity contribution in [2.45, 2.75) is 46.8 Å². The molecule has 0 unspecified atom stereocenters. The average Bonchev–Trinajstić information content (AvgIpc) is 2.49. The summed E-state index contributed by atoms with van der Waals surface area (Å²) in [6.07, 6.45) is 0.0399. The maximum absolute atomic E-state index is 12.2. The van der Waals surface area contributed by atoms with Crippen LogP contribution in [0, 0.1) is 3.57 Å². The molecule has 2 N–H and O–H groups in total. The Bertz CT molecular complexity index is 731. The van der Waals surface area contributed by atoms with Gasteiger partial charge in [0.1, 0.15) is 0 Å². The van der Waals surface area contributed by atoms with Crippen molar-refractivity contribution in [3.8, 4) is 11.5 Å². The van der Waals surface area contributed by atoms with Crippen LogP contribution in [-0.2, 0) is 4.79 Å². The van der Waals surface area contributed by atoms with Crippen LogP contribution >= 0.6 is 34.8 Å². The van der Waals surface area contributed by atoms with E-state index in [9.17, 15) is 4.79 Å². The van der Waals surface area contributed by atoms with Gasteiger partial charge >= 0.3 is 0 Å². The molecular formula is C18H23IN2O3S. The third-order valence-electron chi connectivity index (χ3n) is 3.67. The monoisotopic (exact) mass is 474 g/mol. The van der Waals surface area contributed by atoms with E-state index in [1.807, 2.05) is 39.8 Å². The Balaban J connectivity index is 2.56. The van der Waals surface area contributed by atoms with Gasteiger partial charge in [-0.05, 0) is 87.1 Å². The molecule has 1 aliphatic heterocycles. The zero-order valence-electron chi connectivity index (χ0n) is 15.0. The minimum absolute atomic E-state index is 0.000440. The lowest BCUT2D eigenvalue weighted by atomic mass is 9.93. The third kappa shape index (κ3) is 4.63. The molecule has 1 aromatic carbocycles. The first-order valence-electron chi connectivity index (χ1n) is 8.16. The summed E-state index contributed by atoms with van der Waals surface area (Å²) in [5.41, 5.74) is 2.36. The minimum atomic E-state index is -0.313. The van der Waals surface area contributed by atoms with Crippen molar-refractivity contribution in [1.29, 1.82) is 0 Å².